The van der Waals surface area contributed by atoms with E-state index in [1.807, 2.05) is 0 Å². The standard InChI is InChI=1S/C45H76O5Si2/c1-16-17-25-45(26-27-45)41(47)30-39(48-33(4)46)32(3)37-22-23-38-34(19-18-24-44(37,38)11)20-21-35-28-36(49-51(12,13)42(5,6)7)29-40(31(35)2)50-52(14,15)43(8,9)10/h17,20-21,25,32,36-40H,2,16,18-19,22-24,26-30H2,1,3-15H3/b25-17?,34-20+,35-21-/t32-,36+,37+,38-,39?,40-,44+/m0/s1. The minimum atomic E-state index is -2.04. The van der Waals surface area contributed by atoms with E-state index in [1.165, 1.54) is 18.9 Å². The van der Waals surface area contributed by atoms with Gasteiger partial charge in [0.2, 0.25) is 0 Å². The molecule has 4 rings (SSSR count). The van der Waals surface area contributed by atoms with Gasteiger partial charge in [0.1, 0.15) is 11.9 Å². The summed E-state index contributed by atoms with van der Waals surface area (Å²) < 4.78 is 20.2. The fraction of sp³-hybridized carbons (Fsp3) is 0.778. The second kappa shape index (κ2) is 15.9. The average Bonchev–Trinajstić information content (AvgIpc) is 3.72. The molecule has 4 saturated carbocycles. The van der Waals surface area contributed by atoms with Crippen LogP contribution in [-0.2, 0) is 23.2 Å². The Bertz CT molecular complexity index is 1420. The van der Waals surface area contributed by atoms with Gasteiger partial charge in [-0.05, 0) is 128 Å². The molecule has 0 spiro atoms. The fourth-order valence-corrected chi connectivity index (χ4v) is 11.8. The van der Waals surface area contributed by atoms with Crippen molar-refractivity contribution in [1.82, 2.24) is 0 Å². The van der Waals surface area contributed by atoms with Crippen molar-refractivity contribution in [2.24, 2.45) is 28.6 Å². The highest BCUT2D eigenvalue weighted by Gasteiger charge is 2.54. The van der Waals surface area contributed by atoms with Crippen LogP contribution < -0.4 is 0 Å². The Kier molecular flexibility index (Phi) is 13.2. The smallest absolute Gasteiger partial charge is 0.302 e. The van der Waals surface area contributed by atoms with E-state index >= 15 is 0 Å². The monoisotopic (exact) mass is 753 g/mol. The molecule has 0 saturated heterocycles. The number of fused-ring (bicyclic) bond motifs is 1. The zero-order chi connectivity index (χ0) is 39.1. The quantitative estimate of drug-likeness (QED) is 0.106. The fourth-order valence-electron chi connectivity index (χ4n) is 9.12. The second-order valence-corrected chi connectivity index (χ2v) is 30.0. The summed E-state index contributed by atoms with van der Waals surface area (Å²) >= 11 is 0. The van der Waals surface area contributed by atoms with Crippen LogP contribution in [0.5, 0.6) is 0 Å². The Labute approximate surface area is 321 Å². The number of ketones is 1. The van der Waals surface area contributed by atoms with Gasteiger partial charge in [-0.2, -0.15) is 0 Å². The molecular formula is C45H76O5Si2. The summed E-state index contributed by atoms with van der Waals surface area (Å²) in [6, 6.07) is 0. The number of esters is 1. The van der Waals surface area contributed by atoms with Gasteiger partial charge in [-0.1, -0.05) is 98.8 Å². The number of hydrogen-bond donors (Lipinski definition) is 0. The van der Waals surface area contributed by atoms with Crippen molar-refractivity contribution in [3.63, 3.8) is 0 Å². The number of ether oxygens (including phenoxy) is 1. The second-order valence-electron chi connectivity index (χ2n) is 20.5. The summed E-state index contributed by atoms with van der Waals surface area (Å²) in [5.74, 6) is 0.948. The molecule has 4 aliphatic rings. The average molecular weight is 753 g/mol. The lowest BCUT2D eigenvalue weighted by Gasteiger charge is -2.46. The maximum Gasteiger partial charge on any atom is 0.302 e. The van der Waals surface area contributed by atoms with Crippen molar-refractivity contribution in [3.05, 3.63) is 47.6 Å². The molecule has 0 aliphatic heterocycles. The van der Waals surface area contributed by atoms with Crippen LogP contribution in [-0.4, -0.2) is 46.7 Å². The molecule has 7 atom stereocenters. The van der Waals surface area contributed by atoms with E-state index in [0.717, 1.165) is 63.4 Å². The maximum atomic E-state index is 13.6. The SMILES string of the molecule is C=C1/C(=C\C=C2/CCC[C@]3(C)[C@@H]([C@H](C)C(CC(=O)C4(C=CCC)CC4)OC(C)=O)CC[C@@H]23)C[C@@H](O[Si](C)(C)C(C)(C)C)C[C@@H]1O[Si](C)(C)C(C)(C)C. The number of carbonyl (C=O) groups excluding carboxylic acids is 2. The largest absolute Gasteiger partial charge is 0.462 e. The van der Waals surface area contributed by atoms with Gasteiger partial charge in [0, 0.05) is 25.2 Å². The van der Waals surface area contributed by atoms with Crippen molar-refractivity contribution in [2.75, 3.05) is 0 Å². The first kappa shape index (κ1) is 43.2. The molecule has 4 aliphatic carbocycles. The van der Waals surface area contributed by atoms with Crippen LogP contribution in [0.4, 0.5) is 0 Å². The Morgan fingerprint density at radius 1 is 0.962 bits per heavy atom. The van der Waals surface area contributed by atoms with Crippen molar-refractivity contribution < 1.29 is 23.2 Å². The molecule has 0 aromatic carbocycles. The van der Waals surface area contributed by atoms with Crippen LogP contribution in [0.2, 0.25) is 36.3 Å². The Hall–Kier alpha value is -1.55. The van der Waals surface area contributed by atoms with E-state index in [1.54, 1.807) is 5.57 Å². The molecule has 294 valence electrons. The summed E-state index contributed by atoms with van der Waals surface area (Å²) in [4.78, 5) is 26.0. The Morgan fingerprint density at radius 3 is 2.13 bits per heavy atom. The van der Waals surface area contributed by atoms with Gasteiger partial charge in [0.15, 0.2) is 16.6 Å². The van der Waals surface area contributed by atoms with Crippen LogP contribution in [0.25, 0.3) is 0 Å². The van der Waals surface area contributed by atoms with Crippen molar-refractivity contribution >= 4 is 28.4 Å². The molecular weight excluding hydrogens is 677 g/mol. The van der Waals surface area contributed by atoms with E-state index in [0.29, 0.717) is 18.3 Å². The van der Waals surface area contributed by atoms with Gasteiger partial charge in [-0.25, -0.2) is 0 Å². The van der Waals surface area contributed by atoms with Crippen molar-refractivity contribution in [1.29, 1.82) is 0 Å². The van der Waals surface area contributed by atoms with Crippen molar-refractivity contribution in [2.45, 2.75) is 194 Å². The van der Waals surface area contributed by atoms with Crippen LogP contribution in [0, 0.1) is 28.6 Å². The summed E-state index contributed by atoms with van der Waals surface area (Å²) in [6.07, 6.45) is 19.3. The van der Waals surface area contributed by atoms with Gasteiger partial charge in [0.05, 0.1) is 12.2 Å². The van der Waals surface area contributed by atoms with Gasteiger partial charge in [-0.3, -0.25) is 9.59 Å². The third-order valence-electron chi connectivity index (χ3n) is 14.7. The molecule has 52 heavy (non-hydrogen) atoms. The van der Waals surface area contributed by atoms with E-state index in [-0.39, 0.29) is 56.9 Å². The Morgan fingerprint density at radius 2 is 1.58 bits per heavy atom. The maximum absolute atomic E-state index is 13.6. The summed E-state index contributed by atoms with van der Waals surface area (Å²) in [6.45, 7) is 36.3. The van der Waals surface area contributed by atoms with Crippen molar-refractivity contribution in [3.8, 4) is 0 Å². The van der Waals surface area contributed by atoms with Crippen LogP contribution in [0.3, 0.4) is 0 Å². The molecule has 0 N–H and O–H groups in total. The first-order valence-corrected chi connectivity index (χ1v) is 26.5. The van der Waals surface area contributed by atoms with E-state index in [2.05, 4.69) is 119 Å². The number of Topliss-reactive ketones (excluding diaryl/α,β-unsaturated/α-hetero) is 1. The predicted octanol–water partition coefficient (Wildman–Crippen LogP) is 12.5. The predicted molar refractivity (Wildman–Crippen MR) is 222 cm³/mol. The zero-order valence-corrected chi connectivity index (χ0v) is 37.8. The highest BCUT2D eigenvalue weighted by atomic mass is 28.4. The van der Waals surface area contributed by atoms with Gasteiger partial charge < -0.3 is 13.6 Å². The molecule has 0 aromatic heterocycles. The molecule has 4 fully saturated rings. The first-order chi connectivity index (χ1) is 23.9. The number of hydrogen-bond acceptors (Lipinski definition) is 5. The van der Waals surface area contributed by atoms with E-state index < -0.39 is 16.6 Å². The van der Waals surface area contributed by atoms with E-state index in [9.17, 15) is 9.59 Å². The molecule has 1 unspecified atom stereocenters. The van der Waals surface area contributed by atoms with Crippen LogP contribution in [0.1, 0.15) is 140 Å². The molecule has 0 radical (unpaired) electrons. The van der Waals surface area contributed by atoms with Gasteiger partial charge in [0.25, 0.3) is 0 Å². The molecule has 0 heterocycles. The normalized spacial score (nSPS) is 31.2. The van der Waals surface area contributed by atoms with Crippen LogP contribution in [0.15, 0.2) is 47.6 Å². The minimum absolute atomic E-state index is 0.0319. The summed E-state index contributed by atoms with van der Waals surface area (Å²) in [7, 11) is -4.02. The topological polar surface area (TPSA) is 61.8 Å². The first-order valence-electron chi connectivity index (χ1n) is 20.7. The molecule has 0 amide bonds. The number of allylic oxidation sites excluding steroid dienone is 5. The highest BCUT2D eigenvalue weighted by Crippen LogP contribution is 2.60. The number of rotatable bonds is 13. The lowest BCUT2D eigenvalue weighted by atomic mass is 9.60. The van der Waals surface area contributed by atoms with Gasteiger partial charge in [-0.15, -0.1) is 0 Å². The lowest BCUT2D eigenvalue weighted by Crippen LogP contribution is -2.49. The highest BCUT2D eigenvalue weighted by molar-refractivity contribution is 6.74. The van der Waals surface area contributed by atoms with Gasteiger partial charge >= 0.3 is 5.97 Å². The minimum Gasteiger partial charge on any atom is -0.462 e. The zero-order valence-electron chi connectivity index (χ0n) is 35.8. The third-order valence-corrected chi connectivity index (χ3v) is 23.7. The lowest BCUT2D eigenvalue weighted by molar-refractivity contribution is -0.153. The molecule has 0 aromatic rings. The molecule has 7 heteroatoms. The summed E-state index contributed by atoms with van der Waals surface area (Å²) in [5.41, 5.74) is 3.72. The summed E-state index contributed by atoms with van der Waals surface area (Å²) in [5, 5.41) is 0.251. The van der Waals surface area contributed by atoms with Crippen LogP contribution >= 0.6 is 0 Å². The number of carbonyl (C=O) groups is 2. The Balaban J connectivity index is 1.59. The molecule has 0 bridgehead atoms. The molecule has 5 nitrogen and oxygen atoms in total. The van der Waals surface area contributed by atoms with E-state index in [4.69, 9.17) is 13.6 Å². The third kappa shape index (κ3) is 9.45.